The van der Waals surface area contributed by atoms with Crippen molar-refractivity contribution in [1.29, 1.82) is 0 Å². The Morgan fingerprint density at radius 2 is 2.00 bits per heavy atom. The molecule has 0 aliphatic carbocycles. The van der Waals surface area contributed by atoms with Gasteiger partial charge in [-0.15, -0.1) is 0 Å². The quantitative estimate of drug-likeness (QED) is 0.818. The van der Waals surface area contributed by atoms with E-state index in [1.54, 1.807) is 7.11 Å². The molecular weight excluding hydrogens is 332 g/mol. The molecule has 0 aromatic heterocycles. The molecule has 4 nitrogen and oxygen atoms in total. The van der Waals surface area contributed by atoms with Gasteiger partial charge in [-0.05, 0) is 49.8 Å². The molecule has 2 heterocycles. The average Bonchev–Trinajstić information content (AvgIpc) is 2.57. The van der Waals surface area contributed by atoms with Crippen LogP contribution in [0, 0.1) is 12.8 Å². The molecule has 0 saturated carbocycles. The summed E-state index contributed by atoms with van der Waals surface area (Å²) >= 11 is 5.73. The third kappa shape index (κ3) is 2.29. The van der Waals surface area contributed by atoms with E-state index in [-0.39, 0.29) is 12.0 Å². The van der Waals surface area contributed by atoms with Crippen LogP contribution in [0.1, 0.15) is 31.0 Å². The standard InChI is InChI=1S/C20H22N2O2S/c1-12-7-5-8-14(11-12)22-19(25)21-17-13(2)20(22,3)24-18-15(17)9-6-10-16(18)23-4/h5-11,13,17H,1-4H3,(H,21,25). The SMILES string of the molecule is COc1cccc2c1OC1(C)C(C)C2NC(=S)N1c1cccc(C)c1. The third-order valence-corrected chi connectivity index (χ3v) is 5.70. The van der Waals surface area contributed by atoms with Crippen molar-refractivity contribution in [1.82, 2.24) is 5.32 Å². The van der Waals surface area contributed by atoms with Gasteiger partial charge in [-0.2, -0.15) is 0 Å². The number of ether oxygens (including phenoxy) is 2. The number of fused-ring (bicyclic) bond motifs is 4. The maximum atomic E-state index is 6.58. The second-order valence-corrected chi connectivity index (χ2v) is 7.31. The van der Waals surface area contributed by atoms with Gasteiger partial charge in [0.25, 0.3) is 0 Å². The lowest BCUT2D eigenvalue weighted by atomic mass is 9.80. The summed E-state index contributed by atoms with van der Waals surface area (Å²) < 4.78 is 12.1. The number of benzene rings is 2. The lowest BCUT2D eigenvalue weighted by Crippen LogP contribution is -2.69. The predicted octanol–water partition coefficient (Wildman–Crippen LogP) is 4.18. The Bertz CT molecular complexity index is 853. The van der Waals surface area contributed by atoms with Crippen molar-refractivity contribution in [2.24, 2.45) is 5.92 Å². The Labute approximate surface area is 153 Å². The van der Waals surface area contributed by atoms with E-state index in [1.165, 1.54) is 5.56 Å². The van der Waals surface area contributed by atoms with Crippen LogP contribution in [0.15, 0.2) is 42.5 Å². The Balaban J connectivity index is 1.88. The van der Waals surface area contributed by atoms with Gasteiger partial charge in [0.1, 0.15) is 0 Å². The Morgan fingerprint density at radius 1 is 1.24 bits per heavy atom. The number of rotatable bonds is 2. The van der Waals surface area contributed by atoms with Crippen LogP contribution in [0.25, 0.3) is 0 Å². The molecule has 25 heavy (non-hydrogen) atoms. The number of hydrogen-bond donors (Lipinski definition) is 1. The molecule has 2 aromatic rings. The third-order valence-electron chi connectivity index (χ3n) is 5.40. The van der Waals surface area contributed by atoms with Crippen molar-refractivity contribution in [2.75, 3.05) is 12.0 Å². The lowest BCUT2D eigenvalue weighted by molar-refractivity contribution is -0.00546. The highest BCUT2D eigenvalue weighted by molar-refractivity contribution is 7.80. The minimum atomic E-state index is -0.595. The maximum Gasteiger partial charge on any atom is 0.191 e. The zero-order valence-corrected chi connectivity index (χ0v) is 15.7. The van der Waals surface area contributed by atoms with E-state index in [2.05, 4.69) is 55.3 Å². The van der Waals surface area contributed by atoms with Gasteiger partial charge < -0.3 is 14.8 Å². The van der Waals surface area contributed by atoms with Gasteiger partial charge in [-0.25, -0.2) is 0 Å². The van der Waals surface area contributed by atoms with Crippen LogP contribution in [0.4, 0.5) is 5.69 Å². The van der Waals surface area contributed by atoms with Crippen LogP contribution in [-0.2, 0) is 0 Å². The van der Waals surface area contributed by atoms with Crippen molar-refractivity contribution in [3.05, 3.63) is 53.6 Å². The van der Waals surface area contributed by atoms with Gasteiger partial charge >= 0.3 is 0 Å². The molecule has 5 heteroatoms. The van der Waals surface area contributed by atoms with Gasteiger partial charge in [-0.3, -0.25) is 4.90 Å². The molecule has 2 bridgehead atoms. The molecule has 2 aromatic carbocycles. The Morgan fingerprint density at radius 3 is 2.72 bits per heavy atom. The summed E-state index contributed by atoms with van der Waals surface area (Å²) in [4.78, 5) is 2.09. The van der Waals surface area contributed by atoms with Crippen molar-refractivity contribution in [3.8, 4) is 11.5 Å². The average molecular weight is 354 g/mol. The summed E-state index contributed by atoms with van der Waals surface area (Å²) in [5.41, 5.74) is 2.72. The molecule has 3 atom stereocenters. The highest BCUT2D eigenvalue weighted by Gasteiger charge is 2.54. The molecule has 2 aliphatic heterocycles. The molecule has 0 amide bonds. The van der Waals surface area contributed by atoms with E-state index in [0.717, 1.165) is 22.7 Å². The number of nitrogens with zero attached hydrogens (tertiary/aromatic N) is 1. The first-order valence-corrected chi connectivity index (χ1v) is 8.90. The minimum Gasteiger partial charge on any atom is -0.493 e. The van der Waals surface area contributed by atoms with E-state index in [9.17, 15) is 0 Å². The first-order chi connectivity index (χ1) is 12.0. The highest BCUT2D eigenvalue weighted by atomic mass is 32.1. The summed E-state index contributed by atoms with van der Waals surface area (Å²) in [6, 6.07) is 14.4. The molecular formula is C20H22N2O2S. The van der Waals surface area contributed by atoms with Gasteiger partial charge in [0.2, 0.25) is 0 Å². The first kappa shape index (κ1) is 16.2. The van der Waals surface area contributed by atoms with Gasteiger partial charge in [0.15, 0.2) is 22.3 Å². The number of thiocarbonyl (C=S) groups is 1. The number of anilines is 1. The molecule has 4 rings (SSSR count). The predicted molar refractivity (Wildman–Crippen MR) is 103 cm³/mol. The number of hydrogen-bond acceptors (Lipinski definition) is 3. The summed E-state index contributed by atoms with van der Waals surface area (Å²) in [6.07, 6.45) is 0. The van der Waals surface area contributed by atoms with Crippen LogP contribution < -0.4 is 19.7 Å². The summed E-state index contributed by atoms with van der Waals surface area (Å²) in [6.45, 7) is 6.39. The van der Waals surface area contributed by atoms with Gasteiger partial charge in [-0.1, -0.05) is 31.2 Å². The van der Waals surface area contributed by atoms with Crippen molar-refractivity contribution < 1.29 is 9.47 Å². The van der Waals surface area contributed by atoms with Crippen molar-refractivity contribution in [2.45, 2.75) is 32.5 Å². The smallest absolute Gasteiger partial charge is 0.191 e. The number of nitrogens with one attached hydrogen (secondary N) is 1. The number of aryl methyl sites for hydroxylation is 1. The van der Waals surface area contributed by atoms with Crippen molar-refractivity contribution in [3.63, 3.8) is 0 Å². The first-order valence-electron chi connectivity index (χ1n) is 8.49. The molecule has 1 saturated heterocycles. The van der Waals surface area contributed by atoms with Gasteiger partial charge in [0, 0.05) is 17.2 Å². The van der Waals surface area contributed by atoms with E-state index in [1.807, 2.05) is 18.2 Å². The zero-order valence-electron chi connectivity index (χ0n) is 14.9. The summed E-state index contributed by atoms with van der Waals surface area (Å²) in [5.74, 6) is 1.74. The fourth-order valence-corrected chi connectivity index (χ4v) is 4.33. The van der Waals surface area contributed by atoms with E-state index >= 15 is 0 Å². The monoisotopic (exact) mass is 354 g/mol. The molecule has 0 radical (unpaired) electrons. The van der Waals surface area contributed by atoms with E-state index in [4.69, 9.17) is 21.7 Å². The Hall–Kier alpha value is -2.27. The lowest BCUT2D eigenvalue weighted by Gasteiger charge is -2.56. The van der Waals surface area contributed by atoms with Crippen LogP contribution in [0.5, 0.6) is 11.5 Å². The van der Waals surface area contributed by atoms with Crippen molar-refractivity contribution >= 4 is 23.0 Å². The van der Waals surface area contributed by atoms with Crippen LogP contribution in [-0.4, -0.2) is 17.9 Å². The molecule has 1 fully saturated rings. The van der Waals surface area contributed by atoms with Gasteiger partial charge in [0.05, 0.1) is 13.2 Å². The largest absolute Gasteiger partial charge is 0.493 e. The molecule has 2 aliphatic rings. The van der Waals surface area contributed by atoms with Crippen LogP contribution in [0.2, 0.25) is 0 Å². The number of para-hydroxylation sites is 1. The molecule has 1 N–H and O–H groups in total. The topological polar surface area (TPSA) is 33.7 Å². The molecule has 0 spiro atoms. The Kier molecular flexibility index (Phi) is 3.65. The summed E-state index contributed by atoms with van der Waals surface area (Å²) in [5, 5.41) is 4.20. The fraction of sp³-hybridized carbons (Fsp3) is 0.350. The normalized spacial score (nSPS) is 27.2. The molecule has 130 valence electrons. The molecule has 3 unspecified atom stereocenters. The highest BCUT2D eigenvalue weighted by Crippen LogP contribution is 2.51. The fourth-order valence-electron chi connectivity index (χ4n) is 3.92. The van der Waals surface area contributed by atoms with E-state index in [0.29, 0.717) is 5.11 Å². The van der Waals surface area contributed by atoms with E-state index < -0.39 is 5.72 Å². The minimum absolute atomic E-state index is 0.0948. The zero-order chi connectivity index (χ0) is 17.8. The second-order valence-electron chi connectivity index (χ2n) is 6.93. The van der Waals surface area contributed by atoms with Crippen LogP contribution >= 0.6 is 12.2 Å². The number of methoxy groups -OCH3 is 1. The van der Waals surface area contributed by atoms with Crippen LogP contribution in [0.3, 0.4) is 0 Å². The summed E-state index contributed by atoms with van der Waals surface area (Å²) in [7, 11) is 1.67. The second kappa shape index (κ2) is 5.63. The maximum absolute atomic E-state index is 6.58.